The molecular formula is C12H25N3O3. The highest BCUT2D eigenvalue weighted by atomic mass is 16.5. The molecule has 0 aromatic carbocycles. The fourth-order valence-corrected chi connectivity index (χ4v) is 1.29. The average Bonchev–Trinajstić information content (AvgIpc) is 2.26. The fraction of sp³-hybridized carbons (Fsp3) is 0.833. The van der Waals surface area contributed by atoms with Gasteiger partial charge < -0.3 is 15.4 Å². The van der Waals surface area contributed by atoms with Crippen LogP contribution in [0.1, 0.15) is 20.8 Å². The molecule has 0 saturated carbocycles. The van der Waals surface area contributed by atoms with Crippen molar-refractivity contribution in [3.63, 3.8) is 0 Å². The molecule has 106 valence electrons. The molecule has 2 amide bonds. The van der Waals surface area contributed by atoms with E-state index in [0.29, 0.717) is 19.1 Å². The van der Waals surface area contributed by atoms with E-state index in [9.17, 15) is 9.59 Å². The fourth-order valence-electron chi connectivity index (χ4n) is 1.29. The molecule has 0 rings (SSSR count). The summed E-state index contributed by atoms with van der Waals surface area (Å²) in [5, 5.41) is 8.30. The van der Waals surface area contributed by atoms with Gasteiger partial charge in [-0.2, -0.15) is 0 Å². The molecule has 0 aliphatic carbocycles. The zero-order chi connectivity index (χ0) is 14.0. The Kier molecular flexibility index (Phi) is 9.22. The van der Waals surface area contributed by atoms with E-state index >= 15 is 0 Å². The Bertz CT molecular complexity index is 257. The average molecular weight is 259 g/mol. The largest absolute Gasteiger partial charge is 0.383 e. The number of methoxy groups -OCH3 is 1. The number of hydrogen-bond donors (Lipinski definition) is 3. The van der Waals surface area contributed by atoms with Gasteiger partial charge in [0.2, 0.25) is 11.8 Å². The summed E-state index contributed by atoms with van der Waals surface area (Å²) in [7, 11) is 1.58. The van der Waals surface area contributed by atoms with Gasteiger partial charge >= 0.3 is 0 Å². The molecule has 1 atom stereocenters. The third-order valence-corrected chi connectivity index (χ3v) is 2.10. The molecule has 1 unspecified atom stereocenters. The quantitative estimate of drug-likeness (QED) is 0.521. The van der Waals surface area contributed by atoms with Crippen LogP contribution >= 0.6 is 0 Å². The highest BCUT2D eigenvalue weighted by Gasteiger charge is 2.07. The first-order chi connectivity index (χ1) is 8.45. The van der Waals surface area contributed by atoms with E-state index < -0.39 is 0 Å². The van der Waals surface area contributed by atoms with Crippen LogP contribution in [0.5, 0.6) is 0 Å². The maximum Gasteiger partial charge on any atom is 0.234 e. The van der Waals surface area contributed by atoms with Crippen LogP contribution in [0.2, 0.25) is 0 Å². The Labute approximate surface area is 109 Å². The summed E-state index contributed by atoms with van der Waals surface area (Å²) >= 11 is 0. The smallest absolute Gasteiger partial charge is 0.234 e. The molecule has 0 aliphatic heterocycles. The van der Waals surface area contributed by atoms with Crippen molar-refractivity contribution in [3.8, 4) is 0 Å². The second-order valence-corrected chi connectivity index (χ2v) is 4.73. The minimum atomic E-state index is -0.142. The third kappa shape index (κ3) is 10.0. The van der Waals surface area contributed by atoms with Crippen molar-refractivity contribution in [1.82, 2.24) is 16.0 Å². The molecule has 3 N–H and O–H groups in total. The molecular weight excluding hydrogens is 234 g/mol. The van der Waals surface area contributed by atoms with Gasteiger partial charge in [-0.05, 0) is 12.8 Å². The Morgan fingerprint density at radius 3 is 2.28 bits per heavy atom. The van der Waals surface area contributed by atoms with Crippen LogP contribution in [0.25, 0.3) is 0 Å². The SMILES string of the molecule is COCC(C)NC(=O)CNCC(=O)NCC(C)C. The summed E-state index contributed by atoms with van der Waals surface area (Å²) in [6.45, 7) is 7.31. The summed E-state index contributed by atoms with van der Waals surface area (Å²) in [5.41, 5.74) is 0. The van der Waals surface area contributed by atoms with Crippen LogP contribution in [0.3, 0.4) is 0 Å². The lowest BCUT2D eigenvalue weighted by Gasteiger charge is -2.13. The van der Waals surface area contributed by atoms with Gasteiger partial charge in [0.25, 0.3) is 0 Å². The normalized spacial score (nSPS) is 12.3. The Hall–Kier alpha value is -1.14. The maximum absolute atomic E-state index is 11.4. The molecule has 0 radical (unpaired) electrons. The number of ether oxygens (including phenoxy) is 1. The van der Waals surface area contributed by atoms with Gasteiger partial charge in [0.15, 0.2) is 0 Å². The molecule has 0 aliphatic rings. The van der Waals surface area contributed by atoms with Crippen molar-refractivity contribution in [2.24, 2.45) is 5.92 Å². The highest BCUT2D eigenvalue weighted by Crippen LogP contribution is 1.86. The third-order valence-electron chi connectivity index (χ3n) is 2.10. The number of nitrogens with one attached hydrogen (secondary N) is 3. The predicted molar refractivity (Wildman–Crippen MR) is 70.2 cm³/mol. The number of carbonyl (C=O) groups excluding carboxylic acids is 2. The minimum absolute atomic E-state index is 0.0286. The highest BCUT2D eigenvalue weighted by molar-refractivity contribution is 5.81. The van der Waals surface area contributed by atoms with E-state index in [-0.39, 0.29) is 30.9 Å². The Morgan fingerprint density at radius 2 is 1.72 bits per heavy atom. The van der Waals surface area contributed by atoms with E-state index in [1.165, 1.54) is 0 Å². The van der Waals surface area contributed by atoms with Crippen molar-refractivity contribution < 1.29 is 14.3 Å². The molecule has 0 fully saturated rings. The van der Waals surface area contributed by atoms with Gasteiger partial charge in [-0.3, -0.25) is 14.9 Å². The zero-order valence-electron chi connectivity index (χ0n) is 11.7. The van der Waals surface area contributed by atoms with E-state index in [0.717, 1.165) is 0 Å². The van der Waals surface area contributed by atoms with E-state index in [1.54, 1.807) is 7.11 Å². The van der Waals surface area contributed by atoms with Crippen LogP contribution in [-0.4, -0.2) is 51.2 Å². The standard InChI is InChI=1S/C12H25N3O3/c1-9(2)5-14-11(16)6-13-7-12(17)15-10(3)8-18-4/h9-10,13H,5-8H2,1-4H3,(H,14,16)(H,15,17). The van der Waals surface area contributed by atoms with Crippen molar-refractivity contribution >= 4 is 11.8 Å². The number of amides is 2. The van der Waals surface area contributed by atoms with Gasteiger partial charge in [-0.15, -0.1) is 0 Å². The molecule has 0 heterocycles. The second kappa shape index (κ2) is 9.85. The van der Waals surface area contributed by atoms with Crippen molar-refractivity contribution in [2.45, 2.75) is 26.8 Å². The van der Waals surface area contributed by atoms with Gasteiger partial charge in [-0.1, -0.05) is 13.8 Å². The Balaban J connectivity index is 3.58. The van der Waals surface area contributed by atoms with E-state index in [1.807, 2.05) is 20.8 Å². The van der Waals surface area contributed by atoms with Crippen LogP contribution in [0.15, 0.2) is 0 Å². The Morgan fingerprint density at radius 1 is 1.11 bits per heavy atom. The van der Waals surface area contributed by atoms with Crippen LogP contribution in [-0.2, 0) is 14.3 Å². The molecule has 0 aromatic heterocycles. The minimum Gasteiger partial charge on any atom is -0.383 e. The van der Waals surface area contributed by atoms with Crippen molar-refractivity contribution in [3.05, 3.63) is 0 Å². The van der Waals surface area contributed by atoms with Crippen molar-refractivity contribution in [2.75, 3.05) is 33.4 Å². The summed E-state index contributed by atoms with van der Waals surface area (Å²) in [6.07, 6.45) is 0. The first kappa shape index (κ1) is 16.9. The summed E-state index contributed by atoms with van der Waals surface area (Å²) in [6, 6.07) is -0.0286. The zero-order valence-corrected chi connectivity index (χ0v) is 11.7. The van der Waals surface area contributed by atoms with Crippen LogP contribution in [0.4, 0.5) is 0 Å². The maximum atomic E-state index is 11.4. The topological polar surface area (TPSA) is 79.5 Å². The number of rotatable bonds is 9. The lowest BCUT2D eigenvalue weighted by Crippen LogP contribution is -2.43. The molecule has 0 bridgehead atoms. The van der Waals surface area contributed by atoms with Crippen LogP contribution < -0.4 is 16.0 Å². The molecule has 0 aromatic rings. The summed E-state index contributed by atoms with van der Waals surface area (Å²) in [5.74, 6) is 0.185. The van der Waals surface area contributed by atoms with Gasteiger partial charge in [0.05, 0.1) is 19.7 Å². The molecule has 6 heteroatoms. The van der Waals surface area contributed by atoms with Crippen molar-refractivity contribution in [1.29, 1.82) is 0 Å². The number of hydrogen-bond acceptors (Lipinski definition) is 4. The monoisotopic (exact) mass is 259 g/mol. The van der Waals surface area contributed by atoms with Gasteiger partial charge in [-0.25, -0.2) is 0 Å². The van der Waals surface area contributed by atoms with Gasteiger partial charge in [0, 0.05) is 19.7 Å². The first-order valence-corrected chi connectivity index (χ1v) is 6.21. The van der Waals surface area contributed by atoms with E-state index in [4.69, 9.17) is 4.74 Å². The first-order valence-electron chi connectivity index (χ1n) is 6.21. The predicted octanol–water partition coefficient (Wildman–Crippen LogP) is -0.501. The molecule has 18 heavy (non-hydrogen) atoms. The van der Waals surface area contributed by atoms with E-state index in [2.05, 4.69) is 16.0 Å². The molecule has 6 nitrogen and oxygen atoms in total. The lowest BCUT2D eigenvalue weighted by atomic mass is 10.2. The second-order valence-electron chi connectivity index (χ2n) is 4.73. The molecule has 0 spiro atoms. The number of carbonyl (C=O) groups is 2. The summed E-state index contributed by atoms with van der Waals surface area (Å²) < 4.78 is 4.90. The van der Waals surface area contributed by atoms with Crippen LogP contribution in [0, 0.1) is 5.92 Å². The van der Waals surface area contributed by atoms with Gasteiger partial charge in [0.1, 0.15) is 0 Å². The molecule has 0 saturated heterocycles. The summed E-state index contributed by atoms with van der Waals surface area (Å²) in [4.78, 5) is 22.7. The lowest BCUT2D eigenvalue weighted by molar-refractivity contribution is -0.122.